The maximum Gasteiger partial charge on any atom is 0.248 e. The summed E-state index contributed by atoms with van der Waals surface area (Å²) in [4.78, 5) is 13.9. The number of rotatable bonds is 5. The van der Waals surface area contributed by atoms with E-state index in [0.717, 1.165) is 22.3 Å². The first kappa shape index (κ1) is 19.6. The molecule has 0 saturated carbocycles. The predicted molar refractivity (Wildman–Crippen MR) is 122 cm³/mol. The van der Waals surface area contributed by atoms with Crippen LogP contribution in [0.3, 0.4) is 0 Å². The number of carbonyl (C=O) groups is 1. The van der Waals surface area contributed by atoms with Gasteiger partial charge in [-0.2, -0.15) is 4.80 Å². The fraction of sp³-hybridized carbons (Fsp3) is 0.160. The Morgan fingerprint density at radius 3 is 2.33 bits per heavy atom. The molecule has 0 saturated heterocycles. The molecule has 0 aliphatic rings. The van der Waals surface area contributed by atoms with Gasteiger partial charge in [0, 0.05) is 11.8 Å². The first-order chi connectivity index (χ1) is 14.5. The quantitative estimate of drug-likeness (QED) is 0.453. The summed E-state index contributed by atoms with van der Waals surface area (Å²) in [5, 5.41) is 11.9. The van der Waals surface area contributed by atoms with Gasteiger partial charge in [0.15, 0.2) is 0 Å². The third-order valence-corrected chi connectivity index (χ3v) is 4.94. The Morgan fingerprint density at radius 2 is 1.63 bits per heavy atom. The molecular weight excluding hydrogens is 372 g/mol. The second kappa shape index (κ2) is 8.33. The molecule has 1 aromatic heterocycles. The molecule has 1 heterocycles. The van der Waals surface area contributed by atoms with E-state index in [-0.39, 0.29) is 5.91 Å². The van der Waals surface area contributed by atoms with Gasteiger partial charge in [0.2, 0.25) is 5.91 Å². The molecule has 4 aromatic rings. The highest BCUT2D eigenvalue weighted by Gasteiger charge is 2.07. The van der Waals surface area contributed by atoms with Crippen molar-refractivity contribution in [2.24, 2.45) is 0 Å². The van der Waals surface area contributed by atoms with Gasteiger partial charge in [-0.05, 0) is 60.4 Å². The molecule has 3 aromatic carbocycles. The Hall–Kier alpha value is -3.73. The van der Waals surface area contributed by atoms with Gasteiger partial charge in [-0.1, -0.05) is 55.8 Å². The Kier molecular flexibility index (Phi) is 5.44. The van der Waals surface area contributed by atoms with E-state index in [9.17, 15) is 4.79 Å². The number of fused-ring (bicyclic) bond motifs is 1. The zero-order chi connectivity index (χ0) is 21.1. The number of hydrogen-bond acceptors (Lipinski definition) is 3. The average Bonchev–Trinajstić information content (AvgIpc) is 3.16. The molecule has 0 aliphatic carbocycles. The van der Waals surface area contributed by atoms with Crippen molar-refractivity contribution in [3.8, 4) is 5.69 Å². The molecule has 1 amide bonds. The largest absolute Gasteiger partial charge is 0.322 e. The molecule has 1 N–H and O–H groups in total. The van der Waals surface area contributed by atoms with Crippen molar-refractivity contribution in [2.75, 3.05) is 5.32 Å². The minimum atomic E-state index is -0.187. The van der Waals surface area contributed by atoms with Gasteiger partial charge in [0.1, 0.15) is 11.0 Å². The second-order valence-corrected chi connectivity index (χ2v) is 7.67. The van der Waals surface area contributed by atoms with Gasteiger partial charge < -0.3 is 5.32 Å². The van der Waals surface area contributed by atoms with Gasteiger partial charge in [-0.25, -0.2) is 0 Å². The van der Waals surface area contributed by atoms with Gasteiger partial charge in [-0.15, -0.1) is 10.2 Å². The zero-order valence-electron chi connectivity index (χ0n) is 17.3. The molecule has 150 valence electrons. The lowest BCUT2D eigenvalue weighted by molar-refractivity contribution is -0.111. The van der Waals surface area contributed by atoms with Crippen LogP contribution in [-0.4, -0.2) is 20.9 Å². The summed E-state index contributed by atoms with van der Waals surface area (Å²) in [5.74, 6) is 0.304. The fourth-order valence-corrected chi connectivity index (χ4v) is 3.13. The summed E-state index contributed by atoms with van der Waals surface area (Å²) in [6.07, 6.45) is 3.35. The molecule has 0 spiro atoms. The minimum absolute atomic E-state index is 0.187. The standard InChI is InChI=1S/C25H24N4O/c1-17(2)20-9-6-19(7-10-20)8-15-25(30)26-21-11-14-23-24(16-21)28-29(27-23)22-12-4-18(3)5-13-22/h4-17H,1-3H3,(H,26,30)/b15-8+. The van der Waals surface area contributed by atoms with Crippen molar-refractivity contribution >= 4 is 28.7 Å². The second-order valence-electron chi connectivity index (χ2n) is 7.67. The van der Waals surface area contributed by atoms with Gasteiger partial charge in [0.05, 0.1) is 5.69 Å². The van der Waals surface area contributed by atoms with Crippen LogP contribution in [0.4, 0.5) is 5.69 Å². The summed E-state index contributed by atoms with van der Waals surface area (Å²) < 4.78 is 0. The molecule has 0 aliphatic heterocycles. The van der Waals surface area contributed by atoms with Crippen molar-refractivity contribution in [1.29, 1.82) is 0 Å². The van der Waals surface area contributed by atoms with Crippen molar-refractivity contribution < 1.29 is 4.79 Å². The van der Waals surface area contributed by atoms with E-state index in [0.29, 0.717) is 11.6 Å². The van der Waals surface area contributed by atoms with E-state index in [1.165, 1.54) is 17.2 Å². The summed E-state index contributed by atoms with van der Waals surface area (Å²) >= 11 is 0. The van der Waals surface area contributed by atoms with Gasteiger partial charge in [-0.3, -0.25) is 4.79 Å². The SMILES string of the molecule is Cc1ccc(-n2nc3ccc(NC(=O)/C=C/c4ccc(C(C)C)cc4)cc3n2)cc1. The monoisotopic (exact) mass is 396 g/mol. The van der Waals surface area contributed by atoms with E-state index in [1.807, 2.05) is 67.6 Å². The molecule has 5 nitrogen and oxygen atoms in total. The van der Waals surface area contributed by atoms with Crippen LogP contribution in [0.1, 0.15) is 36.5 Å². The molecule has 0 unspecified atom stereocenters. The van der Waals surface area contributed by atoms with Crippen LogP contribution < -0.4 is 5.32 Å². The molecule has 0 atom stereocenters. The maximum atomic E-state index is 12.3. The number of benzene rings is 3. The molecule has 0 radical (unpaired) electrons. The lowest BCUT2D eigenvalue weighted by Gasteiger charge is -2.04. The van der Waals surface area contributed by atoms with Crippen molar-refractivity contribution in [1.82, 2.24) is 15.0 Å². The minimum Gasteiger partial charge on any atom is -0.322 e. The number of aromatic nitrogens is 3. The highest BCUT2D eigenvalue weighted by atomic mass is 16.1. The molecule has 30 heavy (non-hydrogen) atoms. The van der Waals surface area contributed by atoms with Crippen LogP contribution in [0.5, 0.6) is 0 Å². The highest BCUT2D eigenvalue weighted by molar-refractivity contribution is 6.02. The predicted octanol–water partition coefficient (Wildman–Crippen LogP) is 5.50. The summed E-state index contributed by atoms with van der Waals surface area (Å²) in [5.41, 5.74) is 6.53. The van der Waals surface area contributed by atoms with Crippen molar-refractivity contribution in [3.63, 3.8) is 0 Å². The molecule has 0 fully saturated rings. The molecule has 0 bridgehead atoms. The molecule has 5 heteroatoms. The van der Waals surface area contributed by atoms with E-state index >= 15 is 0 Å². The summed E-state index contributed by atoms with van der Waals surface area (Å²) in [6.45, 7) is 6.36. The third-order valence-electron chi connectivity index (χ3n) is 4.94. The van der Waals surface area contributed by atoms with Gasteiger partial charge >= 0.3 is 0 Å². The first-order valence-corrected chi connectivity index (χ1v) is 10.0. The number of anilines is 1. The number of amides is 1. The van der Waals surface area contributed by atoms with Crippen molar-refractivity contribution in [3.05, 3.63) is 89.5 Å². The first-order valence-electron chi connectivity index (χ1n) is 10.0. The van der Waals surface area contributed by atoms with Crippen LogP contribution >= 0.6 is 0 Å². The van der Waals surface area contributed by atoms with Crippen LogP contribution in [0.2, 0.25) is 0 Å². The topological polar surface area (TPSA) is 59.8 Å². The van der Waals surface area contributed by atoms with E-state index in [4.69, 9.17) is 0 Å². The number of nitrogens with zero attached hydrogens (tertiary/aromatic N) is 3. The van der Waals surface area contributed by atoms with E-state index in [1.54, 1.807) is 4.80 Å². The smallest absolute Gasteiger partial charge is 0.248 e. The Bertz CT molecular complexity index is 1200. The average molecular weight is 396 g/mol. The number of nitrogens with one attached hydrogen (secondary N) is 1. The molecular formula is C25H24N4O. The zero-order valence-corrected chi connectivity index (χ0v) is 17.3. The third kappa shape index (κ3) is 4.46. The van der Waals surface area contributed by atoms with Crippen LogP contribution in [0.25, 0.3) is 22.8 Å². The van der Waals surface area contributed by atoms with Crippen LogP contribution in [-0.2, 0) is 4.79 Å². The Labute approximate surface area is 176 Å². The van der Waals surface area contributed by atoms with Crippen LogP contribution in [0, 0.1) is 6.92 Å². The van der Waals surface area contributed by atoms with E-state index in [2.05, 4.69) is 41.5 Å². The van der Waals surface area contributed by atoms with Crippen LogP contribution in [0.15, 0.2) is 72.8 Å². The van der Waals surface area contributed by atoms with Crippen molar-refractivity contribution in [2.45, 2.75) is 26.7 Å². The lowest BCUT2D eigenvalue weighted by Crippen LogP contribution is -2.07. The summed E-state index contributed by atoms with van der Waals surface area (Å²) in [6, 6.07) is 21.8. The maximum absolute atomic E-state index is 12.3. The Morgan fingerprint density at radius 1 is 0.933 bits per heavy atom. The number of carbonyl (C=O) groups excluding carboxylic acids is 1. The number of aryl methyl sites for hydroxylation is 1. The van der Waals surface area contributed by atoms with Gasteiger partial charge in [0.25, 0.3) is 0 Å². The lowest BCUT2D eigenvalue weighted by atomic mass is 10.0. The number of hydrogen-bond donors (Lipinski definition) is 1. The fourth-order valence-electron chi connectivity index (χ4n) is 3.13. The normalized spacial score (nSPS) is 11.5. The molecule has 4 rings (SSSR count). The summed E-state index contributed by atoms with van der Waals surface area (Å²) in [7, 11) is 0. The van der Waals surface area contributed by atoms with E-state index < -0.39 is 0 Å². The Balaban J connectivity index is 1.46. The highest BCUT2D eigenvalue weighted by Crippen LogP contribution is 2.18.